The van der Waals surface area contributed by atoms with Gasteiger partial charge in [-0.15, -0.1) is 0 Å². The fraction of sp³-hybridized carbons (Fsp3) is 0.167. The molecular formula is C18H15NO5. The molecule has 0 spiro atoms. The third-order valence-electron chi connectivity index (χ3n) is 3.71. The summed E-state index contributed by atoms with van der Waals surface area (Å²) in [4.78, 5) is 37.5. The van der Waals surface area contributed by atoms with Crippen molar-refractivity contribution in [2.45, 2.75) is 6.42 Å². The maximum atomic E-state index is 12.2. The lowest BCUT2D eigenvalue weighted by atomic mass is 10.1. The first-order chi connectivity index (χ1) is 11.6. The molecule has 1 aliphatic rings. The topological polar surface area (TPSA) is 72.9 Å². The zero-order chi connectivity index (χ0) is 17.1. The molecule has 0 aliphatic carbocycles. The molecule has 6 nitrogen and oxygen atoms in total. The molecule has 0 atom stereocenters. The van der Waals surface area contributed by atoms with E-state index < -0.39 is 5.97 Å². The van der Waals surface area contributed by atoms with Crippen molar-refractivity contribution in [1.29, 1.82) is 0 Å². The summed E-state index contributed by atoms with van der Waals surface area (Å²) in [5.74, 6) is -0.587. The van der Waals surface area contributed by atoms with E-state index in [9.17, 15) is 14.4 Å². The first-order valence-electron chi connectivity index (χ1n) is 7.40. The number of rotatable bonds is 5. The minimum Gasteiger partial charge on any atom is -0.493 e. The van der Waals surface area contributed by atoms with Gasteiger partial charge in [-0.25, -0.2) is 0 Å². The Morgan fingerprint density at radius 3 is 2.04 bits per heavy atom. The van der Waals surface area contributed by atoms with Gasteiger partial charge in [-0.3, -0.25) is 19.3 Å². The Morgan fingerprint density at radius 2 is 1.46 bits per heavy atom. The largest absolute Gasteiger partial charge is 0.493 e. The molecule has 1 heterocycles. The van der Waals surface area contributed by atoms with Crippen LogP contribution in [0.1, 0.15) is 27.1 Å². The van der Waals surface area contributed by atoms with Crippen LogP contribution in [0.3, 0.4) is 0 Å². The molecule has 2 aromatic rings. The predicted molar refractivity (Wildman–Crippen MR) is 85.1 cm³/mol. The van der Waals surface area contributed by atoms with Crippen molar-refractivity contribution in [3.63, 3.8) is 0 Å². The second-order valence-electron chi connectivity index (χ2n) is 5.18. The predicted octanol–water partition coefficient (Wildman–Crippen LogP) is 2.29. The van der Waals surface area contributed by atoms with Crippen molar-refractivity contribution < 1.29 is 23.9 Å². The summed E-state index contributed by atoms with van der Waals surface area (Å²) in [6.45, 7) is -0.0275. The summed E-state index contributed by atoms with van der Waals surface area (Å²) in [5, 5.41) is 0. The highest BCUT2D eigenvalue weighted by atomic mass is 16.6. The Labute approximate surface area is 138 Å². The molecule has 1 aliphatic heterocycles. The van der Waals surface area contributed by atoms with Gasteiger partial charge in [-0.05, 0) is 24.3 Å². The molecule has 3 rings (SSSR count). The normalized spacial score (nSPS) is 13.0. The first kappa shape index (κ1) is 15.7. The van der Waals surface area contributed by atoms with Crippen LogP contribution in [0.4, 0.5) is 0 Å². The van der Waals surface area contributed by atoms with Gasteiger partial charge in [0, 0.05) is 6.54 Å². The Hall–Kier alpha value is -3.15. The van der Waals surface area contributed by atoms with Crippen molar-refractivity contribution >= 4 is 17.8 Å². The van der Waals surface area contributed by atoms with Crippen molar-refractivity contribution in [1.82, 2.24) is 4.90 Å². The van der Waals surface area contributed by atoms with E-state index in [0.29, 0.717) is 22.6 Å². The minimum atomic E-state index is -0.545. The molecule has 0 saturated carbocycles. The highest BCUT2D eigenvalue weighted by Gasteiger charge is 2.35. The van der Waals surface area contributed by atoms with E-state index in [1.807, 2.05) is 0 Å². The highest BCUT2D eigenvalue weighted by Crippen LogP contribution is 2.26. The number of ether oxygens (including phenoxy) is 2. The zero-order valence-corrected chi connectivity index (χ0v) is 13.0. The van der Waals surface area contributed by atoms with Crippen LogP contribution < -0.4 is 9.47 Å². The number of fused-ring (bicyclic) bond motifs is 1. The lowest BCUT2D eigenvalue weighted by Crippen LogP contribution is -2.32. The summed E-state index contributed by atoms with van der Waals surface area (Å²) < 4.78 is 10.3. The Kier molecular flexibility index (Phi) is 4.29. The van der Waals surface area contributed by atoms with E-state index in [-0.39, 0.29) is 24.8 Å². The van der Waals surface area contributed by atoms with Crippen LogP contribution in [0.5, 0.6) is 11.5 Å². The van der Waals surface area contributed by atoms with Gasteiger partial charge >= 0.3 is 5.97 Å². The Bertz CT molecular complexity index is 780. The number of carbonyl (C=O) groups excluding carboxylic acids is 3. The van der Waals surface area contributed by atoms with E-state index in [1.165, 1.54) is 7.11 Å². The van der Waals surface area contributed by atoms with Gasteiger partial charge in [0.15, 0.2) is 11.5 Å². The molecule has 0 saturated heterocycles. The number of hydrogen-bond donors (Lipinski definition) is 0. The second kappa shape index (κ2) is 6.54. The lowest BCUT2D eigenvalue weighted by Gasteiger charge is -2.13. The third-order valence-corrected chi connectivity index (χ3v) is 3.71. The number of nitrogens with zero attached hydrogens (tertiary/aromatic N) is 1. The van der Waals surface area contributed by atoms with Crippen molar-refractivity contribution in [3.8, 4) is 11.5 Å². The molecule has 0 bridgehead atoms. The van der Waals surface area contributed by atoms with Crippen LogP contribution in [0, 0.1) is 0 Å². The van der Waals surface area contributed by atoms with Crippen molar-refractivity contribution in [3.05, 3.63) is 59.7 Å². The number of amides is 2. The molecule has 0 N–H and O–H groups in total. The van der Waals surface area contributed by atoms with Crippen LogP contribution >= 0.6 is 0 Å². The van der Waals surface area contributed by atoms with Gasteiger partial charge in [-0.2, -0.15) is 0 Å². The van der Waals surface area contributed by atoms with E-state index in [4.69, 9.17) is 9.47 Å². The molecule has 2 amide bonds. The molecule has 0 fully saturated rings. The van der Waals surface area contributed by atoms with Gasteiger partial charge < -0.3 is 9.47 Å². The number of hydrogen-bond acceptors (Lipinski definition) is 5. The number of methoxy groups -OCH3 is 1. The highest BCUT2D eigenvalue weighted by molar-refractivity contribution is 6.21. The number of esters is 1. The summed E-state index contributed by atoms with van der Waals surface area (Å²) in [6.07, 6.45) is -0.0937. The molecule has 6 heteroatoms. The Morgan fingerprint density at radius 1 is 0.917 bits per heavy atom. The summed E-state index contributed by atoms with van der Waals surface area (Å²) in [5.41, 5.74) is 0.723. The van der Waals surface area contributed by atoms with Crippen LogP contribution in [0.15, 0.2) is 48.5 Å². The standard InChI is InChI=1S/C18H15NO5/c1-23-14-8-4-5-9-15(14)24-16(20)10-11-19-17(21)12-6-2-3-7-13(12)18(19)22/h2-9H,10-11H2,1H3. The zero-order valence-electron chi connectivity index (χ0n) is 13.0. The monoisotopic (exact) mass is 325 g/mol. The maximum Gasteiger partial charge on any atom is 0.313 e. The fourth-order valence-corrected chi connectivity index (χ4v) is 2.52. The molecule has 0 radical (unpaired) electrons. The van der Waals surface area contributed by atoms with Gasteiger partial charge in [0.25, 0.3) is 11.8 Å². The maximum absolute atomic E-state index is 12.2. The van der Waals surface area contributed by atoms with Crippen LogP contribution in [0.2, 0.25) is 0 Å². The molecule has 122 valence electrons. The SMILES string of the molecule is COc1ccccc1OC(=O)CCN1C(=O)c2ccccc2C1=O. The van der Waals surface area contributed by atoms with Gasteiger partial charge in [0.2, 0.25) is 0 Å². The first-order valence-corrected chi connectivity index (χ1v) is 7.40. The van der Waals surface area contributed by atoms with Gasteiger partial charge in [0.05, 0.1) is 24.7 Å². The average molecular weight is 325 g/mol. The van der Waals surface area contributed by atoms with E-state index in [2.05, 4.69) is 0 Å². The quantitative estimate of drug-likeness (QED) is 0.479. The number of benzene rings is 2. The van der Waals surface area contributed by atoms with Crippen molar-refractivity contribution in [2.24, 2.45) is 0 Å². The second-order valence-corrected chi connectivity index (χ2v) is 5.18. The summed E-state index contributed by atoms with van der Waals surface area (Å²) in [7, 11) is 1.48. The van der Waals surface area contributed by atoms with Crippen LogP contribution in [-0.2, 0) is 4.79 Å². The smallest absolute Gasteiger partial charge is 0.313 e. The fourth-order valence-electron chi connectivity index (χ4n) is 2.52. The molecule has 0 unspecified atom stereocenters. The lowest BCUT2D eigenvalue weighted by molar-refractivity contribution is -0.134. The van der Waals surface area contributed by atoms with Crippen molar-refractivity contribution in [2.75, 3.05) is 13.7 Å². The summed E-state index contributed by atoms with van der Waals surface area (Å²) in [6, 6.07) is 13.4. The molecule has 2 aromatic carbocycles. The number of carbonyl (C=O) groups is 3. The molecular weight excluding hydrogens is 310 g/mol. The van der Waals surface area contributed by atoms with E-state index in [0.717, 1.165) is 4.90 Å². The molecule has 24 heavy (non-hydrogen) atoms. The Balaban J connectivity index is 1.63. The van der Waals surface area contributed by atoms with Crippen LogP contribution in [0.25, 0.3) is 0 Å². The third kappa shape index (κ3) is 2.86. The summed E-state index contributed by atoms with van der Waals surface area (Å²) >= 11 is 0. The number of para-hydroxylation sites is 2. The average Bonchev–Trinajstić information content (AvgIpc) is 2.85. The van der Waals surface area contributed by atoms with Gasteiger partial charge in [-0.1, -0.05) is 24.3 Å². The van der Waals surface area contributed by atoms with Crippen LogP contribution in [-0.4, -0.2) is 36.3 Å². The molecule has 0 aromatic heterocycles. The van der Waals surface area contributed by atoms with Gasteiger partial charge in [0.1, 0.15) is 0 Å². The number of imide groups is 1. The van der Waals surface area contributed by atoms with E-state index in [1.54, 1.807) is 48.5 Å². The van der Waals surface area contributed by atoms with E-state index >= 15 is 0 Å². The minimum absolute atomic E-state index is 0.0275.